The number of piperidine rings is 1. The van der Waals surface area contributed by atoms with Gasteiger partial charge in [-0.15, -0.1) is 0 Å². The number of Topliss-reactive ketones (excluding diaryl/α,β-unsaturated/α-hetero) is 1. The van der Waals surface area contributed by atoms with Crippen LogP contribution in [0, 0.1) is 5.95 Å². The number of fused-ring (bicyclic) bond motifs is 3. The van der Waals surface area contributed by atoms with Gasteiger partial charge in [-0.05, 0) is 31.0 Å². The van der Waals surface area contributed by atoms with E-state index in [0.717, 1.165) is 60.9 Å². The third kappa shape index (κ3) is 3.57. The topological polar surface area (TPSA) is 88.8 Å². The molecule has 1 saturated heterocycles. The fourth-order valence-corrected chi connectivity index (χ4v) is 5.08. The number of hydrogen-bond donors (Lipinski definition) is 1. The van der Waals surface area contributed by atoms with E-state index in [1.807, 2.05) is 22.8 Å². The minimum atomic E-state index is -0.469. The van der Waals surface area contributed by atoms with Gasteiger partial charge in [-0.1, -0.05) is 12.8 Å². The smallest absolute Gasteiger partial charge is 0.237 e. The summed E-state index contributed by atoms with van der Waals surface area (Å²) in [5.74, 6) is 0.892. The molecule has 9 heteroatoms. The number of carbonyl (C=O) groups excluding carboxylic acids is 1. The first-order valence-electron chi connectivity index (χ1n) is 11.5. The van der Waals surface area contributed by atoms with Gasteiger partial charge >= 0.3 is 0 Å². The number of ketones is 1. The van der Waals surface area contributed by atoms with E-state index < -0.39 is 5.95 Å². The van der Waals surface area contributed by atoms with E-state index >= 15 is 0 Å². The number of halogens is 1. The van der Waals surface area contributed by atoms with Crippen LogP contribution in [0.4, 0.5) is 21.8 Å². The average Bonchev–Trinajstić information content (AvgIpc) is 3.47. The molecule has 4 aromatic rings. The molecule has 4 aromatic heterocycles. The standard InChI is InChI=1S/C24H24FN7O/c25-22-21-18(7-10-26-22)19-14-28-24(30-23(19)32(21)15-3-1-2-4-15)29-20-6-5-16(13-27-20)31-11-8-17(33)9-12-31/h5-7,10,13-15H,1-4,8-9,11-12H2,(H,27,28,29,30). The Labute approximate surface area is 189 Å². The van der Waals surface area contributed by atoms with Crippen molar-refractivity contribution in [3.63, 3.8) is 0 Å². The molecular formula is C24H24FN7O. The summed E-state index contributed by atoms with van der Waals surface area (Å²) in [7, 11) is 0. The van der Waals surface area contributed by atoms with Crippen LogP contribution in [0.25, 0.3) is 21.9 Å². The molecule has 1 aliphatic carbocycles. The van der Waals surface area contributed by atoms with Crippen LogP contribution in [0.5, 0.6) is 0 Å². The van der Waals surface area contributed by atoms with Crippen LogP contribution in [0.3, 0.4) is 0 Å². The normalized spacial score (nSPS) is 17.4. The maximum Gasteiger partial charge on any atom is 0.237 e. The molecule has 8 nitrogen and oxygen atoms in total. The van der Waals surface area contributed by atoms with Gasteiger partial charge in [0.15, 0.2) is 0 Å². The minimum absolute atomic E-state index is 0.209. The van der Waals surface area contributed by atoms with Crippen molar-refractivity contribution >= 4 is 45.2 Å². The number of rotatable bonds is 4. The zero-order valence-corrected chi connectivity index (χ0v) is 18.2. The summed E-state index contributed by atoms with van der Waals surface area (Å²) < 4.78 is 16.8. The highest BCUT2D eigenvalue weighted by Crippen LogP contribution is 2.38. The summed E-state index contributed by atoms with van der Waals surface area (Å²) >= 11 is 0. The fraction of sp³-hybridized carbons (Fsp3) is 0.375. The Kier molecular flexibility index (Phi) is 4.89. The first-order chi connectivity index (χ1) is 16.2. The molecule has 168 valence electrons. The van der Waals surface area contributed by atoms with Crippen LogP contribution in [-0.4, -0.2) is 43.4 Å². The lowest BCUT2D eigenvalue weighted by Gasteiger charge is -2.27. The van der Waals surface area contributed by atoms with E-state index in [0.29, 0.717) is 35.9 Å². The Bertz CT molecular complexity index is 1330. The second kappa shape index (κ2) is 8.06. The predicted molar refractivity (Wildman–Crippen MR) is 124 cm³/mol. The molecule has 1 N–H and O–H groups in total. The predicted octanol–water partition coefficient (Wildman–Crippen LogP) is 4.54. The highest BCUT2D eigenvalue weighted by atomic mass is 19.1. The van der Waals surface area contributed by atoms with Gasteiger partial charge in [-0.3, -0.25) is 4.79 Å². The molecule has 0 spiro atoms. The molecule has 0 unspecified atom stereocenters. The van der Waals surface area contributed by atoms with Crippen LogP contribution >= 0.6 is 0 Å². The molecule has 0 atom stereocenters. The molecule has 0 amide bonds. The van der Waals surface area contributed by atoms with Crippen molar-refractivity contribution in [2.45, 2.75) is 44.6 Å². The second-order valence-electron chi connectivity index (χ2n) is 8.79. The molecular weight excluding hydrogens is 421 g/mol. The summed E-state index contributed by atoms with van der Waals surface area (Å²) in [6, 6.07) is 5.91. The lowest BCUT2D eigenvalue weighted by Crippen LogP contribution is -2.33. The van der Waals surface area contributed by atoms with Crippen molar-refractivity contribution < 1.29 is 9.18 Å². The SMILES string of the molecule is O=C1CCN(c2ccc(Nc3ncc4c5ccnc(F)c5n(C5CCCC5)c4n3)nc2)CC1. The molecule has 6 rings (SSSR count). The van der Waals surface area contributed by atoms with Crippen LogP contribution in [-0.2, 0) is 4.79 Å². The number of carbonyl (C=O) groups is 1. The van der Waals surface area contributed by atoms with Crippen molar-refractivity contribution in [1.82, 2.24) is 24.5 Å². The van der Waals surface area contributed by atoms with E-state index in [4.69, 9.17) is 4.98 Å². The molecule has 1 saturated carbocycles. The summed E-state index contributed by atoms with van der Waals surface area (Å²) in [5, 5.41) is 4.80. The number of nitrogens with zero attached hydrogens (tertiary/aromatic N) is 6. The van der Waals surface area contributed by atoms with Crippen LogP contribution in [0.2, 0.25) is 0 Å². The van der Waals surface area contributed by atoms with Crippen molar-refractivity contribution in [1.29, 1.82) is 0 Å². The number of hydrogen-bond acceptors (Lipinski definition) is 7. The Morgan fingerprint density at radius 1 is 0.970 bits per heavy atom. The number of anilines is 3. The van der Waals surface area contributed by atoms with Gasteiger partial charge in [-0.2, -0.15) is 9.37 Å². The number of aromatic nitrogens is 5. The van der Waals surface area contributed by atoms with Gasteiger partial charge in [0.2, 0.25) is 11.9 Å². The zero-order chi connectivity index (χ0) is 22.4. The molecule has 5 heterocycles. The molecule has 2 fully saturated rings. The first kappa shape index (κ1) is 20.0. The third-order valence-electron chi connectivity index (χ3n) is 6.77. The Hall–Kier alpha value is -3.62. The highest BCUT2D eigenvalue weighted by Gasteiger charge is 2.25. The van der Waals surface area contributed by atoms with Crippen LogP contribution in [0.15, 0.2) is 36.8 Å². The van der Waals surface area contributed by atoms with E-state index in [1.54, 1.807) is 12.4 Å². The largest absolute Gasteiger partial charge is 0.369 e. The van der Waals surface area contributed by atoms with Gasteiger partial charge < -0.3 is 14.8 Å². The highest BCUT2D eigenvalue weighted by molar-refractivity contribution is 6.06. The Morgan fingerprint density at radius 2 is 1.79 bits per heavy atom. The Balaban J connectivity index is 1.33. The monoisotopic (exact) mass is 445 g/mol. The van der Waals surface area contributed by atoms with E-state index in [9.17, 15) is 9.18 Å². The van der Waals surface area contributed by atoms with Gasteiger partial charge in [0.1, 0.15) is 22.8 Å². The maximum atomic E-state index is 14.8. The van der Waals surface area contributed by atoms with Crippen LogP contribution in [0.1, 0.15) is 44.6 Å². The quantitative estimate of drug-likeness (QED) is 0.461. The maximum absolute atomic E-state index is 14.8. The summed E-state index contributed by atoms with van der Waals surface area (Å²) in [4.78, 5) is 31.3. The molecule has 0 aromatic carbocycles. The number of pyridine rings is 2. The minimum Gasteiger partial charge on any atom is -0.369 e. The lowest BCUT2D eigenvalue weighted by molar-refractivity contribution is -0.119. The van der Waals surface area contributed by atoms with Crippen molar-refractivity contribution in [2.75, 3.05) is 23.3 Å². The average molecular weight is 446 g/mol. The second-order valence-corrected chi connectivity index (χ2v) is 8.79. The van der Waals surface area contributed by atoms with Crippen molar-refractivity contribution in [3.05, 3.63) is 42.7 Å². The fourth-order valence-electron chi connectivity index (χ4n) is 5.08. The summed E-state index contributed by atoms with van der Waals surface area (Å²) in [6.45, 7) is 1.45. The first-order valence-corrected chi connectivity index (χ1v) is 11.5. The summed E-state index contributed by atoms with van der Waals surface area (Å²) in [5.41, 5.74) is 2.22. The van der Waals surface area contributed by atoms with Gasteiger partial charge in [0.05, 0.1) is 11.9 Å². The van der Waals surface area contributed by atoms with E-state index in [2.05, 4.69) is 25.2 Å². The van der Waals surface area contributed by atoms with Crippen molar-refractivity contribution in [3.8, 4) is 0 Å². The Morgan fingerprint density at radius 3 is 2.55 bits per heavy atom. The zero-order valence-electron chi connectivity index (χ0n) is 18.2. The third-order valence-corrected chi connectivity index (χ3v) is 6.77. The van der Waals surface area contributed by atoms with Gasteiger partial charge in [0.25, 0.3) is 0 Å². The lowest BCUT2D eigenvalue weighted by atomic mass is 10.1. The van der Waals surface area contributed by atoms with Gasteiger partial charge in [0, 0.05) is 55.1 Å². The van der Waals surface area contributed by atoms with Crippen molar-refractivity contribution in [2.24, 2.45) is 0 Å². The van der Waals surface area contributed by atoms with Crippen LogP contribution < -0.4 is 10.2 Å². The summed E-state index contributed by atoms with van der Waals surface area (Å²) in [6.07, 6.45) is 10.5. The molecule has 0 bridgehead atoms. The van der Waals surface area contributed by atoms with E-state index in [1.165, 1.54) is 6.20 Å². The number of nitrogens with one attached hydrogen (secondary N) is 1. The molecule has 33 heavy (non-hydrogen) atoms. The van der Waals surface area contributed by atoms with Gasteiger partial charge in [-0.25, -0.2) is 15.0 Å². The molecule has 0 radical (unpaired) electrons. The molecule has 1 aliphatic heterocycles. The molecule has 2 aliphatic rings. The van der Waals surface area contributed by atoms with E-state index in [-0.39, 0.29) is 6.04 Å².